The summed E-state index contributed by atoms with van der Waals surface area (Å²) in [6, 6.07) is 6.77. The van der Waals surface area contributed by atoms with E-state index < -0.39 is 5.97 Å². The van der Waals surface area contributed by atoms with E-state index in [-0.39, 0.29) is 11.5 Å². The van der Waals surface area contributed by atoms with Gasteiger partial charge in [0, 0.05) is 18.7 Å². The second-order valence-electron chi connectivity index (χ2n) is 3.85. The maximum Gasteiger partial charge on any atom is 0.335 e. The number of rotatable bonds is 7. The lowest BCUT2D eigenvalue weighted by atomic mass is 10.1. The SMILES string of the molecule is CSCCC(=O)NCCc1cccc(C(=O)O)c1. The fourth-order valence-corrected chi connectivity index (χ4v) is 1.88. The Hall–Kier alpha value is -1.49. The molecule has 0 aliphatic heterocycles. The number of aromatic carboxylic acids is 1. The second-order valence-corrected chi connectivity index (χ2v) is 4.83. The normalized spacial score (nSPS) is 10.1. The number of carboxylic acid groups (broad SMARTS) is 1. The zero-order valence-electron chi connectivity index (χ0n) is 10.3. The fourth-order valence-electron chi connectivity index (χ4n) is 1.49. The van der Waals surface area contributed by atoms with Gasteiger partial charge in [0.15, 0.2) is 0 Å². The van der Waals surface area contributed by atoms with Crippen LogP contribution in [0.5, 0.6) is 0 Å². The third kappa shape index (κ3) is 5.23. The summed E-state index contributed by atoms with van der Waals surface area (Å²) in [5, 5.41) is 11.7. The van der Waals surface area contributed by atoms with Crippen molar-refractivity contribution in [2.75, 3.05) is 18.6 Å². The predicted molar refractivity (Wildman–Crippen MR) is 73.1 cm³/mol. The van der Waals surface area contributed by atoms with Crippen molar-refractivity contribution in [1.29, 1.82) is 0 Å². The molecule has 0 bridgehead atoms. The summed E-state index contributed by atoms with van der Waals surface area (Å²) in [7, 11) is 0. The van der Waals surface area contributed by atoms with Gasteiger partial charge >= 0.3 is 5.97 Å². The summed E-state index contributed by atoms with van der Waals surface area (Å²) in [5.74, 6) is -0.0695. The maximum absolute atomic E-state index is 11.3. The highest BCUT2D eigenvalue weighted by atomic mass is 32.2. The first-order chi connectivity index (χ1) is 8.63. The summed E-state index contributed by atoms with van der Waals surface area (Å²) in [6.45, 7) is 0.538. The Balaban J connectivity index is 2.37. The molecule has 2 N–H and O–H groups in total. The van der Waals surface area contributed by atoms with Crippen LogP contribution in [0.25, 0.3) is 0 Å². The van der Waals surface area contributed by atoms with Gasteiger partial charge in [-0.15, -0.1) is 0 Å². The van der Waals surface area contributed by atoms with Crippen LogP contribution in [0.3, 0.4) is 0 Å². The number of benzene rings is 1. The molecule has 0 radical (unpaired) electrons. The standard InChI is InChI=1S/C13H17NO3S/c1-18-8-6-12(15)14-7-5-10-3-2-4-11(9-10)13(16)17/h2-4,9H,5-8H2,1H3,(H,14,15)(H,16,17). The predicted octanol–water partition coefficient (Wildman–Crippen LogP) is 1.80. The van der Waals surface area contributed by atoms with E-state index in [1.54, 1.807) is 30.0 Å². The molecular formula is C13H17NO3S. The molecular weight excluding hydrogens is 250 g/mol. The van der Waals surface area contributed by atoms with Crippen LogP contribution in [0.15, 0.2) is 24.3 Å². The van der Waals surface area contributed by atoms with Gasteiger partial charge in [-0.3, -0.25) is 4.79 Å². The number of carboxylic acids is 1. The van der Waals surface area contributed by atoms with Crippen LogP contribution in [0, 0.1) is 0 Å². The summed E-state index contributed by atoms with van der Waals surface area (Å²) < 4.78 is 0. The summed E-state index contributed by atoms with van der Waals surface area (Å²) in [5.41, 5.74) is 1.20. The highest BCUT2D eigenvalue weighted by Gasteiger charge is 2.04. The van der Waals surface area contributed by atoms with E-state index in [0.29, 0.717) is 19.4 Å². The van der Waals surface area contributed by atoms with Gasteiger partial charge in [0.25, 0.3) is 0 Å². The molecule has 0 atom stereocenters. The lowest BCUT2D eigenvalue weighted by Gasteiger charge is -2.05. The fraction of sp³-hybridized carbons (Fsp3) is 0.385. The average Bonchev–Trinajstić information content (AvgIpc) is 2.36. The molecule has 0 saturated carbocycles. The maximum atomic E-state index is 11.3. The number of hydrogen-bond acceptors (Lipinski definition) is 3. The van der Waals surface area contributed by atoms with E-state index in [1.807, 2.05) is 12.3 Å². The summed E-state index contributed by atoms with van der Waals surface area (Å²) in [4.78, 5) is 22.1. The molecule has 0 aromatic heterocycles. The molecule has 0 aliphatic carbocycles. The molecule has 1 amide bonds. The van der Waals surface area contributed by atoms with Crippen molar-refractivity contribution in [3.05, 3.63) is 35.4 Å². The van der Waals surface area contributed by atoms with Gasteiger partial charge < -0.3 is 10.4 Å². The molecule has 0 aliphatic rings. The molecule has 0 saturated heterocycles. The Bertz CT molecular complexity index is 420. The molecule has 1 aromatic carbocycles. The Morgan fingerprint density at radius 1 is 1.39 bits per heavy atom. The molecule has 98 valence electrons. The Morgan fingerprint density at radius 3 is 2.83 bits per heavy atom. The minimum atomic E-state index is -0.930. The summed E-state index contributed by atoms with van der Waals surface area (Å²) in [6.07, 6.45) is 3.13. The Kier molecular flexibility index (Phi) is 6.28. The minimum Gasteiger partial charge on any atom is -0.478 e. The third-order valence-electron chi connectivity index (χ3n) is 2.44. The smallest absolute Gasteiger partial charge is 0.335 e. The first kappa shape index (κ1) is 14.6. The van der Waals surface area contributed by atoms with Crippen LogP contribution in [0.2, 0.25) is 0 Å². The molecule has 18 heavy (non-hydrogen) atoms. The zero-order valence-corrected chi connectivity index (χ0v) is 11.1. The first-order valence-corrected chi connectivity index (χ1v) is 7.10. The number of thioether (sulfide) groups is 1. The largest absolute Gasteiger partial charge is 0.478 e. The molecule has 1 aromatic rings. The highest BCUT2D eigenvalue weighted by Crippen LogP contribution is 2.05. The van der Waals surface area contributed by atoms with Gasteiger partial charge in [-0.05, 0) is 30.4 Å². The minimum absolute atomic E-state index is 0.0405. The molecule has 1 rings (SSSR count). The quantitative estimate of drug-likeness (QED) is 0.790. The van der Waals surface area contributed by atoms with Crippen molar-refractivity contribution in [1.82, 2.24) is 5.32 Å². The number of nitrogens with one attached hydrogen (secondary N) is 1. The van der Waals surface area contributed by atoms with E-state index >= 15 is 0 Å². The van der Waals surface area contributed by atoms with E-state index in [4.69, 9.17) is 5.11 Å². The lowest BCUT2D eigenvalue weighted by molar-refractivity contribution is -0.120. The van der Waals surface area contributed by atoms with Crippen molar-refractivity contribution < 1.29 is 14.7 Å². The van der Waals surface area contributed by atoms with Crippen LogP contribution in [-0.4, -0.2) is 35.5 Å². The molecule has 0 spiro atoms. The molecule has 0 heterocycles. The van der Waals surface area contributed by atoms with Crippen molar-refractivity contribution in [3.8, 4) is 0 Å². The Morgan fingerprint density at radius 2 is 2.17 bits per heavy atom. The second kappa shape index (κ2) is 7.76. The van der Waals surface area contributed by atoms with E-state index in [2.05, 4.69) is 5.32 Å². The third-order valence-corrected chi connectivity index (χ3v) is 3.06. The van der Waals surface area contributed by atoms with Gasteiger partial charge in [0.1, 0.15) is 0 Å². The molecule has 5 heteroatoms. The van der Waals surface area contributed by atoms with Crippen molar-refractivity contribution in [3.63, 3.8) is 0 Å². The van der Waals surface area contributed by atoms with Gasteiger partial charge in [0.05, 0.1) is 5.56 Å². The summed E-state index contributed by atoms with van der Waals surface area (Å²) >= 11 is 1.64. The van der Waals surface area contributed by atoms with Crippen LogP contribution in [0.4, 0.5) is 0 Å². The monoisotopic (exact) mass is 267 g/mol. The van der Waals surface area contributed by atoms with E-state index in [9.17, 15) is 9.59 Å². The van der Waals surface area contributed by atoms with Crippen LogP contribution < -0.4 is 5.32 Å². The van der Waals surface area contributed by atoms with Crippen LogP contribution in [0.1, 0.15) is 22.3 Å². The molecule has 0 unspecified atom stereocenters. The van der Waals surface area contributed by atoms with E-state index in [0.717, 1.165) is 11.3 Å². The Labute approximate surface area is 111 Å². The number of carbonyl (C=O) groups is 2. The van der Waals surface area contributed by atoms with Crippen molar-refractivity contribution >= 4 is 23.6 Å². The van der Waals surface area contributed by atoms with Gasteiger partial charge in [0.2, 0.25) is 5.91 Å². The number of amides is 1. The van der Waals surface area contributed by atoms with Crippen molar-refractivity contribution in [2.45, 2.75) is 12.8 Å². The van der Waals surface area contributed by atoms with Gasteiger partial charge in [-0.1, -0.05) is 12.1 Å². The van der Waals surface area contributed by atoms with E-state index in [1.165, 1.54) is 0 Å². The van der Waals surface area contributed by atoms with Crippen LogP contribution >= 0.6 is 11.8 Å². The zero-order chi connectivity index (χ0) is 13.4. The molecule has 4 nitrogen and oxygen atoms in total. The van der Waals surface area contributed by atoms with Crippen molar-refractivity contribution in [2.24, 2.45) is 0 Å². The van der Waals surface area contributed by atoms with Crippen LogP contribution in [-0.2, 0) is 11.2 Å². The first-order valence-electron chi connectivity index (χ1n) is 5.71. The molecule has 0 fully saturated rings. The topological polar surface area (TPSA) is 66.4 Å². The van der Waals surface area contributed by atoms with Gasteiger partial charge in [-0.25, -0.2) is 4.79 Å². The number of carbonyl (C=O) groups excluding carboxylic acids is 1. The highest BCUT2D eigenvalue weighted by molar-refractivity contribution is 7.98. The number of hydrogen-bond donors (Lipinski definition) is 2. The van der Waals surface area contributed by atoms with Gasteiger partial charge in [-0.2, -0.15) is 11.8 Å². The lowest BCUT2D eigenvalue weighted by Crippen LogP contribution is -2.25. The average molecular weight is 267 g/mol.